The number of unbranched alkanes of at least 4 members (excludes halogenated alkanes) is 1. The first-order chi connectivity index (χ1) is 20.4. The van der Waals surface area contributed by atoms with E-state index in [4.69, 9.17) is 13.6 Å². The van der Waals surface area contributed by atoms with E-state index < -0.39 is 11.6 Å². The van der Waals surface area contributed by atoms with Crippen molar-refractivity contribution in [3.63, 3.8) is 0 Å². The summed E-state index contributed by atoms with van der Waals surface area (Å²) in [5.41, 5.74) is 5.34. The van der Waals surface area contributed by atoms with E-state index >= 15 is 0 Å². The van der Waals surface area contributed by atoms with E-state index in [9.17, 15) is 9.59 Å². The zero-order valence-electron chi connectivity index (χ0n) is 24.4. The molecule has 0 bridgehead atoms. The van der Waals surface area contributed by atoms with Crippen LogP contribution in [0.4, 0.5) is 11.4 Å². The number of carbonyl (C=O) groups excluding carboxylic acids is 1. The Morgan fingerprint density at radius 2 is 1.88 bits per heavy atom. The topological polar surface area (TPSA) is 85.8 Å². The number of aromatic nitrogens is 1. The fourth-order valence-corrected chi connectivity index (χ4v) is 5.19. The molecule has 0 aliphatic heterocycles. The van der Waals surface area contributed by atoms with E-state index in [2.05, 4.69) is 67.6 Å². The van der Waals surface area contributed by atoms with Crippen molar-refractivity contribution in [2.45, 2.75) is 53.1 Å². The SMILES string of the molecule is C=CC(=O)OCc1ccc2nc(-c3cc4ccc(N(CC(CC)CCCC)c5ccccc5C)cc4oc3=O)oc2c1. The van der Waals surface area contributed by atoms with Crippen molar-refractivity contribution in [2.75, 3.05) is 11.4 Å². The van der Waals surface area contributed by atoms with E-state index in [1.54, 1.807) is 24.3 Å². The van der Waals surface area contributed by atoms with Gasteiger partial charge in [0.25, 0.3) is 0 Å². The number of esters is 1. The van der Waals surface area contributed by atoms with Crippen molar-refractivity contribution in [3.8, 4) is 11.5 Å². The van der Waals surface area contributed by atoms with Crippen LogP contribution in [0.3, 0.4) is 0 Å². The van der Waals surface area contributed by atoms with Gasteiger partial charge in [-0.05, 0) is 66.8 Å². The second-order valence-electron chi connectivity index (χ2n) is 10.6. The van der Waals surface area contributed by atoms with E-state index in [0.717, 1.165) is 41.4 Å². The number of fused-ring (bicyclic) bond motifs is 2. The van der Waals surface area contributed by atoms with Gasteiger partial charge in [0.2, 0.25) is 5.89 Å². The minimum Gasteiger partial charge on any atom is -0.458 e. The van der Waals surface area contributed by atoms with Gasteiger partial charge in [0.1, 0.15) is 23.3 Å². The van der Waals surface area contributed by atoms with Crippen LogP contribution in [0.2, 0.25) is 0 Å². The molecule has 0 fully saturated rings. The second-order valence-corrected chi connectivity index (χ2v) is 10.6. The molecular weight excluding hydrogens is 528 g/mol. The number of hydrogen-bond acceptors (Lipinski definition) is 7. The van der Waals surface area contributed by atoms with Gasteiger partial charge in [0, 0.05) is 35.4 Å². The van der Waals surface area contributed by atoms with Crippen molar-refractivity contribution >= 4 is 39.4 Å². The lowest BCUT2D eigenvalue weighted by Crippen LogP contribution is -2.25. The van der Waals surface area contributed by atoms with Crippen molar-refractivity contribution in [1.29, 1.82) is 0 Å². The molecule has 2 aromatic heterocycles. The van der Waals surface area contributed by atoms with Crippen LogP contribution < -0.4 is 10.5 Å². The van der Waals surface area contributed by atoms with Gasteiger partial charge in [-0.2, -0.15) is 0 Å². The summed E-state index contributed by atoms with van der Waals surface area (Å²) in [5.74, 6) is 0.213. The van der Waals surface area contributed by atoms with Crippen LogP contribution in [0.25, 0.3) is 33.5 Å². The largest absolute Gasteiger partial charge is 0.458 e. The summed E-state index contributed by atoms with van der Waals surface area (Å²) in [4.78, 5) is 31.4. The Kier molecular flexibility index (Phi) is 8.86. The number of para-hydroxylation sites is 1. The first-order valence-corrected chi connectivity index (χ1v) is 14.5. The van der Waals surface area contributed by atoms with Gasteiger partial charge in [-0.1, -0.05) is 64.0 Å². The number of benzene rings is 3. The van der Waals surface area contributed by atoms with Crippen LogP contribution in [-0.2, 0) is 16.1 Å². The fraction of sp³-hybridized carbons (Fsp3) is 0.286. The summed E-state index contributed by atoms with van der Waals surface area (Å²) >= 11 is 0. The van der Waals surface area contributed by atoms with Gasteiger partial charge in [-0.15, -0.1) is 0 Å². The molecule has 0 saturated heterocycles. The average molecular weight is 565 g/mol. The third-order valence-corrected chi connectivity index (χ3v) is 7.65. The molecule has 0 N–H and O–H groups in total. The summed E-state index contributed by atoms with van der Waals surface area (Å²) < 4.78 is 16.9. The monoisotopic (exact) mass is 564 g/mol. The molecule has 0 amide bonds. The van der Waals surface area contributed by atoms with E-state index in [1.165, 1.54) is 24.8 Å². The highest BCUT2D eigenvalue weighted by Gasteiger charge is 2.19. The normalized spacial score (nSPS) is 12.0. The van der Waals surface area contributed by atoms with Crippen LogP contribution >= 0.6 is 0 Å². The van der Waals surface area contributed by atoms with Gasteiger partial charge < -0.3 is 18.5 Å². The Morgan fingerprint density at radius 3 is 2.64 bits per heavy atom. The summed E-state index contributed by atoms with van der Waals surface area (Å²) in [6.07, 6.45) is 5.77. The molecule has 1 atom stereocenters. The maximum Gasteiger partial charge on any atom is 0.349 e. The summed E-state index contributed by atoms with van der Waals surface area (Å²) in [5, 5.41) is 0.774. The number of hydrogen-bond donors (Lipinski definition) is 0. The highest BCUT2D eigenvalue weighted by atomic mass is 16.5. The molecule has 42 heavy (non-hydrogen) atoms. The van der Waals surface area contributed by atoms with E-state index in [1.807, 2.05) is 12.1 Å². The Bertz CT molecular complexity index is 1780. The predicted molar refractivity (Wildman–Crippen MR) is 167 cm³/mol. The van der Waals surface area contributed by atoms with Gasteiger partial charge in [0.15, 0.2) is 5.58 Å². The van der Waals surface area contributed by atoms with E-state index in [-0.39, 0.29) is 18.1 Å². The third kappa shape index (κ3) is 6.30. The fourth-order valence-electron chi connectivity index (χ4n) is 5.19. The maximum absolute atomic E-state index is 13.2. The highest BCUT2D eigenvalue weighted by molar-refractivity contribution is 5.86. The molecule has 0 radical (unpaired) electrons. The summed E-state index contributed by atoms with van der Waals surface area (Å²) in [6.45, 7) is 11.0. The molecule has 216 valence electrons. The zero-order chi connectivity index (χ0) is 29.6. The van der Waals surface area contributed by atoms with Crippen LogP contribution in [0.15, 0.2) is 93.0 Å². The lowest BCUT2D eigenvalue weighted by atomic mass is 9.97. The van der Waals surface area contributed by atoms with Gasteiger partial charge >= 0.3 is 11.6 Å². The standard InChI is InChI=1S/C35H36N2O5/c1-5-8-12-24(6-2)21-37(30-13-10-9-11-23(30)4)27-16-15-26-19-28(35(39)42-31(26)20-27)34-36-29-17-14-25(18-32(29)41-34)22-40-33(38)7-3/h7,9-11,13-20,24H,3,5-6,8,12,21-22H2,1-2,4H3. The number of anilines is 2. The van der Waals surface area contributed by atoms with Crippen LogP contribution in [0, 0.1) is 12.8 Å². The number of aryl methyl sites for hydroxylation is 1. The summed E-state index contributed by atoms with van der Waals surface area (Å²) in [6, 6.07) is 21.4. The van der Waals surface area contributed by atoms with Crippen molar-refractivity contribution < 1.29 is 18.4 Å². The van der Waals surface area contributed by atoms with E-state index in [0.29, 0.717) is 22.6 Å². The number of nitrogens with zero attached hydrogens (tertiary/aromatic N) is 2. The third-order valence-electron chi connectivity index (χ3n) is 7.65. The molecule has 7 nitrogen and oxygen atoms in total. The Balaban J connectivity index is 1.48. The molecule has 0 spiro atoms. The van der Waals surface area contributed by atoms with Gasteiger partial charge in [-0.25, -0.2) is 14.6 Å². The highest BCUT2D eigenvalue weighted by Crippen LogP contribution is 2.34. The van der Waals surface area contributed by atoms with Crippen molar-refractivity contribution in [3.05, 3.63) is 101 Å². The minimum absolute atomic E-state index is 0.0778. The first-order valence-electron chi connectivity index (χ1n) is 14.5. The van der Waals surface area contributed by atoms with Crippen LogP contribution in [0.1, 0.15) is 50.7 Å². The Morgan fingerprint density at radius 1 is 1.05 bits per heavy atom. The number of carbonyl (C=O) groups is 1. The lowest BCUT2D eigenvalue weighted by molar-refractivity contribution is -0.138. The molecule has 7 heteroatoms. The molecule has 2 heterocycles. The van der Waals surface area contributed by atoms with Crippen LogP contribution in [-0.4, -0.2) is 17.5 Å². The predicted octanol–water partition coefficient (Wildman–Crippen LogP) is 8.49. The summed E-state index contributed by atoms with van der Waals surface area (Å²) in [7, 11) is 0. The average Bonchev–Trinajstić information content (AvgIpc) is 3.43. The molecule has 0 aliphatic rings. The molecule has 5 rings (SSSR count). The van der Waals surface area contributed by atoms with Crippen LogP contribution in [0.5, 0.6) is 0 Å². The van der Waals surface area contributed by atoms with Crippen molar-refractivity contribution in [1.82, 2.24) is 4.98 Å². The van der Waals surface area contributed by atoms with Crippen molar-refractivity contribution in [2.24, 2.45) is 5.92 Å². The molecular formula is C35H36N2O5. The molecule has 1 unspecified atom stereocenters. The quantitative estimate of drug-likeness (QED) is 0.0853. The minimum atomic E-state index is -0.525. The molecule has 3 aromatic carbocycles. The molecule has 0 saturated carbocycles. The molecule has 0 aliphatic carbocycles. The lowest BCUT2D eigenvalue weighted by Gasteiger charge is -2.30. The van der Waals surface area contributed by atoms with Gasteiger partial charge in [0.05, 0.1) is 0 Å². The zero-order valence-corrected chi connectivity index (χ0v) is 24.4. The number of oxazole rings is 1. The molecule has 5 aromatic rings. The smallest absolute Gasteiger partial charge is 0.349 e. The number of ether oxygens (including phenoxy) is 1. The Labute approximate surface area is 245 Å². The maximum atomic E-state index is 13.2. The Hall–Kier alpha value is -4.65. The van der Waals surface area contributed by atoms with Gasteiger partial charge in [-0.3, -0.25) is 0 Å². The second kappa shape index (κ2) is 12.9. The first kappa shape index (κ1) is 28.9. The number of rotatable bonds is 12.